The van der Waals surface area contributed by atoms with E-state index in [0.717, 1.165) is 18.6 Å². The molecule has 2 N–H and O–H groups in total. The summed E-state index contributed by atoms with van der Waals surface area (Å²) in [5, 5.41) is 0. The minimum atomic E-state index is 0.176. The molecule has 0 aliphatic heterocycles. The van der Waals surface area contributed by atoms with Gasteiger partial charge in [-0.25, -0.2) is 0 Å². The van der Waals surface area contributed by atoms with E-state index in [1.807, 2.05) is 6.07 Å². The Labute approximate surface area is 97.8 Å². The van der Waals surface area contributed by atoms with Crippen LogP contribution in [0.25, 0.3) is 0 Å². The fourth-order valence-electron chi connectivity index (χ4n) is 1.93. The Kier molecular flexibility index (Phi) is 2.94. The summed E-state index contributed by atoms with van der Waals surface area (Å²) in [7, 11) is 0. The summed E-state index contributed by atoms with van der Waals surface area (Å²) >= 11 is 0. The van der Waals surface area contributed by atoms with E-state index < -0.39 is 0 Å². The smallest absolute Gasteiger partial charge is 0.120 e. The van der Waals surface area contributed by atoms with Crippen LogP contribution in [0.4, 0.5) is 0 Å². The van der Waals surface area contributed by atoms with Crippen molar-refractivity contribution in [3.8, 4) is 5.75 Å². The number of hydrogen-bond donors (Lipinski definition) is 1. The highest BCUT2D eigenvalue weighted by atomic mass is 16.5. The molecule has 0 amide bonds. The van der Waals surface area contributed by atoms with Crippen molar-refractivity contribution in [1.29, 1.82) is 0 Å². The third-order valence-corrected chi connectivity index (χ3v) is 3.13. The zero-order valence-electron chi connectivity index (χ0n) is 10.4. The van der Waals surface area contributed by atoms with Gasteiger partial charge in [0.2, 0.25) is 0 Å². The van der Waals surface area contributed by atoms with Crippen molar-refractivity contribution in [2.75, 3.05) is 0 Å². The molecular formula is C14H21NO. The molecular weight excluding hydrogens is 198 g/mol. The van der Waals surface area contributed by atoms with E-state index in [-0.39, 0.29) is 5.41 Å². The first-order valence-corrected chi connectivity index (χ1v) is 5.98. The molecule has 1 aromatic rings. The third kappa shape index (κ3) is 2.56. The van der Waals surface area contributed by atoms with Crippen LogP contribution in [-0.2, 0) is 5.41 Å². The predicted molar refractivity (Wildman–Crippen MR) is 66.8 cm³/mol. The average Bonchev–Trinajstić information content (AvgIpc) is 2.14. The molecule has 1 saturated carbocycles. The Hall–Kier alpha value is -1.02. The van der Waals surface area contributed by atoms with Crippen LogP contribution in [0.1, 0.15) is 39.2 Å². The first-order chi connectivity index (χ1) is 7.45. The lowest BCUT2D eigenvalue weighted by Crippen LogP contribution is -2.43. The molecule has 0 aromatic heterocycles. The van der Waals surface area contributed by atoms with Gasteiger partial charge in [0.15, 0.2) is 0 Å². The van der Waals surface area contributed by atoms with Gasteiger partial charge in [-0.05, 0) is 36.0 Å². The van der Waals surface area contributed by atoms with Crippen LogP contribution in [0.3, 0.4) is 0 Å². The van der Waals surface area contributed by atoms with Gasteiger partial charge < -0.3 is 10.5 Å². The largest absolute Gasteiger partial charge is 0.490 e. The van der Waals surface area contributed by atoms with Crippen LogP contribution in [0.2, 0.25) is 0 Å². The summed E-state index contributed by atoms with van der Waals surface area (Å²) in [6.07, 6.45) is 2.30. The predicted octanol–water partition coefficient (Wildman–Crippen LogP) is 2.85. The molecule has 0 heterocycles. The minimum Gasteiger partial charge on any atom is -0.490 e. The third-order valence-electron chi connectivity index (χ3n) is 3.13. The first-order valence-electron chi connectivity index (χ1n) is 5.98. The number of nitrogens with two attached hydrogens (primary N) is 1. The first kappa shape index (κ1) is 11.5. The Morgan fingerprint density at radius 1 is 1.25 bits per heavy atom. The molecule has 1 aliphatic carbocycles. The highest BCUT2D eigenvalue weighted by Gasteiger charge is 2.27. The average molecular weight is 219 g/mol. The highest BCUT2D eigenvalue weighted by molar-refractivity contribution is 5.32. The van der Waals surface area contributed by atoms with Crippen molar-refractivity contribution < 1.29 is 4.74 Å². The Morgan fingerprint density at radius 2 is 1.94 bits per heavy atom. The Bertz CT molecular complexity index is 361. The van der Waals surface area contributed by atoms with Gasteiger partial charge in [-0.3, -0.25) is 0 Å². The molecule has 16 heavy (non-hydrogen) atoms. The van der Waals surface area contributed by atoms with E-state index in [1.165, 1.54) is 5.56 Å². The molecule has 0 atom stereocenters. The lowest BCUT2D eigenvalue weighted by atomic mass is 9.87. The quantitative estimate of drug-likeness (QED) is 0.830. The molecule has 2 heteroatoms. The zero-order chi connectivity index (χ0) is 11.8. The van der Waals surface area contributed by atoms with Crippen LogP contribution in [0, 0.1) is 0 Å². The van der Waals surface area contributed by atoms with Crippen molar-refractivity contribution in [2.24, 2.45) is 5.73 Å². The maximum absolute atomic E-state index is 5.88. The summed E-state index contributed by atoms with van der Waals surface area (Å²) in [6, 6.07) is 8.73. The van der Waals surface area contributed by atoms with E-state index in [1.54, 1.807) is 0 Å². The molecule has 1 aromatic carbocycles. The summed E-state index contributed by atoms with van der Waals surface area (Å²) in [5.41, 5.74) is 7.23. The fraction of sp³-hybridized carbons (Fsp3) is 0.571. The van der Waals surface area contributed by atoms with E-state index in [4.69, 9.17) is 10.5 Å². The summed E-state index contributed by atoms with van der Waals surface area (Å²) in [6.45, 7) is 6.64. The maximum Gasteiger partial charge on any atom is 0.120 e. The number of hydrogen-bond acceptors (Lipinski definition) is 2. The van der Waals surface area contributed by atoms with Gasteiger partial charge >= 0.3 is 0 Å². The van der Waals surface area contributed by atoms with Gasteiger partial charge in [0, 0.05) is 6.04 Å². The van der Waals surface area contributed by atoms with Crippen molar-refractivity contribution in [2.45, 2.75) is 51.2 Å². The van der Waals surface area contributed by atoms with Gasteiger partial charge in [-0.15, -0.1) is 0 Å². The topological polar surface area (TPSA) is 35.2 Å². The zero-order valence-corrected chi connectivity index (χ0v) is 10.4. The second-order valence-electron chi connectivity index (χ2n) is 5.75. The van der Waals surface area contributed by atoms with Crippen molar-refractivity contribution >= 4 is 0 Å². The number of ether oxygens (including phenoxy) is 1. The lowest BCUT2D eigenvalue weighted by molar-refractivity contribution is 0.101. The molecule has 0 unspecified atom stereocenters. The Balaban J connectivity index is 2.05. The van der Waals surface area contributed by atoms with Crippen LogP contribution < -0.4 is 10.5 Å². The molecule has 0 spiro atoms. The van der Waals surface area contributed by atoms with E-state index >= 15 is 0 Å². The van der Waals surface area contributed by atoms with Crippen molar-refractivity contribution in [3.63, 3.8) is 0 Å². The summed E-state index contributed by atoms with van der Waals surface area (Å²) < 4.78 is 5.88. The van der Waals surface area contributed by atoms with E-state index in [0.29, 0.717) is 12.1 Å². The monoisotopic (exact) mass is 219 g/mol. The van der Waals surface area contributed by atoms with Gasteiger partial charge in [0.05, 0.1) is 0 Å². The summed E-state index contributed by atoms with van der Waals surface area (Å²) in [5.74, 6) is 0.976. The van der Waals surface area contributed by atoms with Gasteiger partial charge in [-0.1, -0.05) is 32.9 Å². The molecule has 0 radical (unpaired) electrons. The van der Waals surface area contributed by atoms with Gasteiger partial charge in [0.25, 0.3) is 0 Å². The van der Waals surface area contributed by atoms with Crippen LogP contribution in [0.5, 0.6) is 5.75 Å². The SMILES string of the molecule is CC(C)(C)c1cccc(OC2CC(N)C2)c1. The van der Waals surface area contributed by atoms with E-state index in [9.17, 15) is 0 Å². The Morgan fingerprint density at radius 3 is 2.50 bits per heavy atom. The molecule has 1 aliphatic rings. The highest BCUT2D eigenvalue weighted by Crippen LogP contribution is 2.29. The van der Waals surface area contributed by atoms with Crippen molar-refractivity contribution in [1.82, 2.24) is 0 Å². The van der Waals surface area contributed by atoms with Gasteiger partial charge in [-0.2, -0.15) is 0 Å². The molecule has 1 fully saturated rings. The second kappa shape index (κ2) is 4.10. The summed E-state index contributed by atoms with van der Waals surface area (Å²) in [4.78, 5) is 0. The van der Waals surface area contributed by atoms with Crippen molar-refractivity contribution in [3.05, 3.63) is 29.8 Å². The molecule has 0 bridgehead atoms. The minimum absolute atomic E-state index is 0.176. The maximum atomic E-state index is 5.88. The fourth-order valence-corrected chi connectivity index (χ4v) is 1.93. The van der Waals surface area contributed by atoms with Gasteiger partial charge in [0.1, 0.15) is 11.9 Å². The second-order valence-corrected chi connectivity index (χ2v) is 5.75. The van der Waals surface area contributed by atoms with Crippen LogP contribution in [0.15, 0.2) is 24.3 Å². The molecule has 2 rings (SSSR count). The van der Waals surface area contributed by atoms with E-state index in [2.05, 4.69) is 39.0 Å². The number of benzene rings is 1. The lowest BCUT2D eigenvalue weighted by Gasteiger charge is -2.33. The molecule has 88 valence electrons. The number of rotatable bonds is 2. The molecule has 2 nitrogen and oxygen atoms in total. The normalized spacial score (nSPS) is 25.0. The standard InChI is InChI=1S/C14H21NO/c1-14(2,3)10-5-4-6-12(7-10)16-13-8-11(15)9-13/h4-7,11,13H,8-9,15H2,1-3H3. The van der Waals surface area contributed by atoms with Crippen LogP contribution >= 0.6 is 0 Å². The molecule has 0 saturated heterocycles. The van der Waals surface area contributed by atoms with Crippen LogP contribution in [-0.4, -0.2) is 12.1 Å².